The van der Waals surface area contributed by atoms with Crippen LogP contribution >= 0.6 is 0 Å². The molecule has 10 fully saturated rings. The van der Waals surface area contributed by atoms with Gasteiger partial charge in [0.15, 0.2) is 50.3 Å². The highest BCUT2D eigenvalue weighted by atomic mass is 16.9. The van der Waals surface area contributed by atoms with Crippen LogP contribution in [0.4, 0.5) is 0 Å². The molecular formula is C73H122N4O52. The van der Waals surface area contributed by atoms with Crippen molar-refractivity contribution in [3.8, 4) is 0 Å². The summed E-state index contributed by atoms with van der Waals surface area (Å²) in [4.78, 5) is 63.8. The van der Waals surface area contributed by atoms with Gasteiger partial charge in [0.05, 0.1) is 96.8 Å². The summed E-state index contributed by atoms with van der Waals surface area (Å²) in [7, 11) is 0. The van der Waals surface area contributed by atoms with E-state index in [2.05, 4.69) is 21.3 Å². The number of nitrogens with one attached hydrogen (secondary N) is 4. The zero-order valence-electron chi connectivity index (χ0n) is 70.0. The third kappa shape index (κ3) is 23.7. The fraction of sp³-hybridized carbons (Fsp3) is 0.932. The van der Waals surface area contributed by atoms with Crippen LogP contribution in [0.5, 0.6) is 0 Å². The minimum absolute atomic E-state index is 0.259. The molecule has 22 unspecified atom stereocenters. The predicted octanol–water partition coefficient (Wildman–Crippen LogP) is -20.6. The van der Waals surface area contributed by atoms with Crippen LogP contribution in [0, 0.1) is 5.92 Å². The Morgan fingerprint density at radius 1 is 0.349 bits per heavy atom. The van der Waals surface area contributed by atoms with E-state index in [0.29, 0.717) is 0 Å². The van der Waals surface area contributed by atoms with Gasteiger partial charge in [0.1, 0.15) is 226 Å². The van der Waals surface area contributed by atoms with Gasteiger partial charge in [-0.05, 0) is 6.92 Å². The van der Waals surface area contributed by atoms with Gasteiger partial charge in [-0.3, -0.25) is 24.0 Å². The SMILES string of the molecule is CC(=O)NC1C(O)[C@H](O[C@@H]2OC(CO)[C@H](O)[C@H](O)C2O)C(CO)O[C@H]1OC1[C@@H](OCC2O[C@@H](O[C@@H]3C(CO)O[C@@H](O[C@@H]4C(CO)O[C@@H](C)C(NC(C)=O)[C@H]4O)C(NC(C)=O)[C@H]3O)C(O)[C@@H](OC3O[C@H](CO)[C@@H](O)C(O)C3O[C@@H]3OC(CO)[C@@H](O[C@@H]4OC(CO)[C@H](O)[C@H](O[C@]5(OC=O)CC(O)[C@@H](C)C([C@H](O)[C@H](O)CO)O5)C4O)[C@H](O)C3NC(C)=O)[C@@H]2O)OC(CO)[C@@H](O)[C@@H]1O. The maximum absolute atomic E-state index is 13.3. The van der Waals surface area contributed by atoms with Crippen molar-refractivity contribution in [1.82, 2.24) is 21.3 Å². The lowest BCUT2D eigenvalue weighted by atomic mass is 9.87. The largest absolute Gasteiger partial charge is 0.410 e. The van der Waals surface area contributed by atoms with Gasteiger partial charge < -0.3 is 254 Å². The Bertz CT molecular complexity index is 3520. The van der Waals surface area contributed by atoms with Crippen LogP contribution in [0.2, 0.25) is 0 Å². The second kappa shape index (κ2) is 46.6. The third-order valence-corrected chi connectivity index (χ3v) is 24.0. The lowest BCUT2D eigenvalue weighted by Gasteiger charge is -2.51. The number of carbonyl (C=O) groups is 5. The summed E-state index contributed by atoms with van der Waals surface area (Å²) in [6, 6.07) is -7.17. The van der Waals surface area contributed by atoms with E-state index in [1.807, 2.05) is 0 Å². The van der Waals surface area contributed by atoms with Gasteiger partial charge >= 0.3 is 5.97 Å². The standard InChI is InChI=1S/C73H122N4O52/c1-19-25(92)7-73(111-18-87,128-56(19)40(94)26(93)8-78)129-62-44(98)30(12-82)114-70(55(62)109)124-60-34(16-86)119-67(39(49(60)103)77-24(6)91)127-64-52(106)43(97)29(11-81)116-72(64)125-61-45(99)35(120-69(54(61)108)123-59-33(15-85)117-65(37(47(59)101)75-22(4)89)121-57-31(13-83)112-20(2)36(46(57)100)74-21(3)88)17-110-71-63(51(105)42(96)28(10-80)115-71)126-66-38(76-23(5)90)48(102)58(32(14-84)118-66)122-68-53(107)50(104)41(95)27(9-79)113-68/h18-20,25-72,78-86,92-109H,7-17H2,1-6H3,(H,74,88)(H,75,89)(H,76,90)(H,77,91)/t19-,20+,25?,26-,27?,28?,29-,30?,31?,32?,33?,34?,35?,36?,37?,38?,39?,40-,41+,42-,43-,44+,45-,46-,47-,48?,49-,50+,51+,52?,53?,54?,55?,56?,57-,58-,59-,60-,61+,62+,63?,64?,65+,66+,67+,68+,69+,70+,71+,72?,73+/m1/s1. The maximum atomic E-state index is 13.3. The van der Waals surface area contributed by atoms with E-state index in [4.69, 9.17) is 94.7 Å². The number of aliphatic hydroxyl groups is 27. The molecule has 0 saturated carbocycles. The van der Waals surface area contributed by atoms with Gasteiger partial charge in [0, 0.05) is 33.6 Å². The van der Waals surface area contributed by atoms with Crippen molar-refractivity contribution in [2.75, 3.05) is 66.1 Å². The van der Waals surface area contributed by atoms with E-state index in [1.165, 1.54) is 13.8 Å². The minimum Gasteiger partial charge on any atom is -0.410 e. The first-order valence-electron chi connectivity index (χ1n) is 41.4. The molecule has 10 saturated heterocycles. The summed E-state index contributed by atoms with van der Waals surface area (Å²) >= 11 is 0. The molecular weight excluding hydrogens is 1760 g/mol. The monoisotopic (exact) mass is 1890 g/mol. The number of hydrogen-bond donors (Lipinski definition) is 31. The summed E-state index contributed by atoms with van der Waals surface area (Å²) in [6.07, 6.45) is -94.8. The lowest BCUT2D eigenvalue weighted by molar-refractivity contribution is -0.448. The van der Waals surface area contributed by atoms with Gasteiger partial charge in [-0.25, -0.2) is 0 Å². The number of rotatable bonds is 36. The molecule has 10 rings (SSSR count). The first-order valence-corrected chi connectivity index (χ1v) is 41.4. The first-order chi connectivity index (χ1) is 61.0. The van der Waals surface area contributed by atoms with E-state index in [0.717, 1.165) is 27.7 Å². The molecule has 129 heavy (non-hydrogen) atoms. The molecule has 4 amide bonds. The van der Waals surface area contributed by atoms with E-state index < -0.39 is 408 Å². The molecule has 51 atom stereocenters. The van der Waals surface area contributed by atoms with Crippen LogP contribution in [-0.4, -0.2) is 540 Å². The van der Waals surface area contributed by atoms with Crippen LogP contribution in [0.1, 0.15) is 48.0 Å². The minimum atomic E-state index is -2.90. The van der Waals surface area contributed by atoms with Crippen LogP contribution < -0.4 is 21.3 Å². The average Bonchev–Trinajstić information content (AvgIpc) is 0.760. The third-order valence-electron chi connectivity index (χ3n) is 24.0. The van der Waals surface area contributed by atoms with Crippen molar-refractivity contribution in [2.24, 2.45) is 5.92 Å². The zero-order chi connectivity index (χ0) is 95.1. The van der Waals surface area contributed by atoms with Crippen molar-refractivity contribution < 1.29 is 257 Å². The van der Waals surface area contributed by atoms with Gasteiger partial charge in [0.2, 0.25) is 23.6 Å². The molecule has 10 aliphatic heterocycles. The summed E-state index contributed by atoms with van der Waals surface area (Å²) in [5.41, 5.74) is 0. The molecule has 0 aliphatic carbocycles. The van der Waals surface area contributed by atoms with Crippen molar-refractivity contribution in [1.29, 1.82) is 0 Å². The summed E-state index contributed by atoms with van der Waals surface area (Å²) in [5.74, 6) is -7.59. The number of amides is 4. The fourth-order valence-electron chi connectivity index (χ4n) is 17.0. The van der Waals surface area contributed by atoms with Crippen LogP contribution in [0.3, 0.4) is 0 Å². The Hall–Kier alpha value is -4.49. The Morgan fingerprint density at radius 2 is 0.667 bits per heavy atom. The molecule has 10 heterocycles. The molecule has 31 N–H and O–H groups in total. The molecule has 0 aromatic carbocycles. The number of ether oxygens (including phenoxy) is 20. The Labute approximate surface area is 732 Å². The Kier molecular flexibility index (Phi) is 38.5. The van der Waals surface area contributed by atoms with E-state index in [9.17, 15) is 162 Å². The Balaban J connectivity index is 0.973. The molecule has 0 spiro atoms. The first kappa shape index (κ1) is 107. The second-order valence-corrected chi connectivity index (χ2v) is 32.9. The fourth-order valence-corrected chi connectivity index (χ4v) is 17.0. The molecule has 10 aliphatic rings. The van der Waals surface area contributed by atoms with Crippen molar-refractivity contribution in [2.45, 2.75) is 354 Å². The lowest BCUT2D eigenvalue weighted by Crippen LogP contribution is -2.71. The van der Waals surface area contributed by atoms with Crippen LogP contribution in [0.15, 0.2) is 0 Å². The van der Waals surface area contributed by atoms with Crippen molar-refractivity contribution >= 4 is 30.1 Å². The van der Waals surface area contributed by atoms with Crippen molar-refractivity contribution in [3.63, 3.8) is 0 Å². The highest BCUT2D eigenvalue weighted by Crippen LogP contribution is 2.44. The second-order valence-electron chi connectivity index (χ2n) is 32.9. The van der Waals surface area contributed by atoms with E-state index in [1.54, 1.807) is 0 Å². The number of hydrogen-bond acceptors (Lipinski definition) is 52. The predicted molar refractivity (Wildman–Crippen MR) is 399 cm³/mol. The quantitative estimate of drug-likeness (QED) is 0.0205. The van der Waals surface area contributed by atoms with Crippen LogP contribution in [0.25, 0.3) is 0 Å². The van der Waals surface area contributed by atoms with E-state index in [-0.39, 0.29) is 6.47 Å². The number of aliphatic hydroxyl groups excluding tert-OH is 27. The van der Waals surface area contributed by atoms with Gasteiger partial charge in [0.25, 0.3) is 6.47 Å². The highest BCUT2D eigenvalue weighted by molar-refractivity contribution is 5.74. The summed E-state index contributed by atoms with van der Waals surface area (Å²) in [5, 5.41) is 313. The molecule has 0 aromatic rings. The number of carbonyl (C=O) groups excluding carboxylic acids is 5. The highest BCUT2D eigenvalue weighted by Gasteiger charge is 2.63. The molecule has 0 bridgehead atoms. The van der Waals surface area contributed by atoms with Crippen molar-refractivity contribution in [3.05, 3.63) is 0 Å². The summed E-state index contributed by atoms with van der Waals surface area (Å²) in [6.45, 7) is -4.84. The molecule has 56 heteroatoms. The topological polar surface area (TPSA) is 864 Å². The molecule has 0 aromatic heterocycles. The van der Waals surface area contributed by atoms with Crippen LogP contribution in [-0.2, 0) is 119 Å². The average molecular weight is 1890 g/mol. The normalized spacial score (nSPS) is 48.1. The summed E-state index contributed by atoms with van der Waals surface area (Å²) < 4.78 is 119. The Morgan fingerprint density at radius 3 is 1.08 bits per heavy atom. The van der Waals surface area contributed by atoms with Gasteiger partial charge in [-0.1, -0.05) is 6.92 Å². The van der Waals surface area contributed by atoms with E-state index >= 15 is 0 Å². The zero-order valence-corrected chi connectivity index (χ0v) is 70.0. The smallest absolute Gasteiger partial charge is 0.332 e. The molecule has 56 nitrogen and oxygen atoms in total. The molecule has 746 valence electrons. The van der Waals surface area contributed by atoms with Gasteiger partial charge in [-0.2, -0.15) is 0 Å². The van der Waals surface area contributed by atoms with Gasteiger partial charge in [-0.15, -0.1) is 0 Å². The molecule has 0 radical (unpaired) electrons. The maximum Gasteiger partial charge on any atom is 0.332 e.